The third-order valence-electron chi connectivity index (χ3n) is 3.29. The van der Waals surface area contributed by atoms with Crippen molar-refractivity contribution in [1.82, 2.24) is 9.55 Å². The Hall–Kier alpha value is -2.62. The molecule has 2 aromatic carbocycles. The number of para-hydroxylation sites is 1. The molecule has 3 rings (SSSR count). The molecule has 0 saturated carbocycles. The summed E-state index contributed by atoms with van der Waals surface area (Å²) in [6, 6.07) is 16.6. The van der Waals surface area contributed by atoms with E-state index in [4.69, 9.17) is 0 Å². The minimum absolute atomic E-state index is 0.202. The molecule has 0 fully saturated rings. The Labute approximate surface area is 123 Å². The Morgan fingerprint density at radius 2 is 1.76 bits per heavy atom. The van der Waals surface area contributed by atoms with Gasteiger partial charge in [0.15, 0.2) is 0 Å². The van der Waals surface area contributed by atoms with Crippen LogP contribution in [0.4, 0.5) is 10.3 Å². The monoisotopic (exact) mass is 281 g/mol. The van der Waals surface area contributed by atoms with E-state index in [-0.39, 0.29) is 5.82 Å². The minimum atomic E-state index is -0.202. The van der Waals surface area contributed by atoms with Crippen LogP contribution in [0.25, 0.3) is 5.69 Å². The Morgan fingerprint density at radius 3 is 2.52 bits per heavy atom. The summed E-state index contributed by atoms with van der Waals surface area (Å²) < 4.78 is 14.8. The lowest BCUT2D eigenvalue weighted by Crippen LogP contribution is -2.09. The van der Waals surface area contributed by atoms with Crippen LogP contribution in [0.3, 0.4) is 0 Å². The van der Waals surface area contributed by atoms with Crippen molar-refractivity contribution in [3.63, 3.8) is 0 Å². The average Bonchev–Trinajstić information content (AvgIpc) is 2.99. The fourth-order valence-corrected chi connectivity index (χ4v) is 2.20. The van der Waals surface area contributed by atoms with Crippen molar-refractivity contribution in [3.8, 4) is 5.69 Å². The molecular weight excluding hydrogens is 265 g/mol. The van der Waals surface area contributed by atoms with Crippen LogP contribution in [0.2, 0.25) is 0 Å². The molecule has 4 heteroatoms. The van der Waals surface area contributed by atoms with Crippen molar-refractivity contribution in [2.75, 3.05) is 11.9 Å². The van der Waals surface area contributed by atoms with Crippen molar-refractivity contribution >= 4 is 5.95 Å². The molecule has 0 radical (unpaired) electrons. The number of anilines is 1. The number of rotatable bonds is 5. The highest BCUT2D eigenvalue weighted by Gasteiger charge is 2.03. The Kier molecular flexibility index (Phi) is 3.96. The molecule has 0 atom stereocenters. The smallest absolute Gasteiger partial charge is 0.207 e. The Bertz CT molecular complexity index is 690. The van der Waals surface area contributed by atoms with E-state index >= 15 is 0 Å². The number of aromatic nitrogens is 2. The second-order valence-corrected chi connectivity index (χ2v) is 4.76. The molecule has 0 unspecified atom stereocenters. The molecular formula is C17H16FN3. The summed E-state index contributed by atoms with van der Waals surface area (Å²) in [5, 5.41) is 3.31. The van der Waals surface area contributed by atoms with Crippen molar-refractivity contribution in [2.45, 2.75) is 6.42 Å². The molecule has 1 aromatic heterocycles. The summed E-state index contributed by atoms with van der Waals surface area (Å²) in [7, 11) is 0. The highest BCUT2D eigenvalue weighted by molar-refractivity contribution is 5.41. The van der Waals surface area contributed by atoms with Gasteiger partial charge >= 0.3 is 0 Å². The van der Waals surface area contributed by atoms with E-state index in [1.807, 2.05) is 41.1 Å². The first-order valence-electron chi connectivity index (χ1n) is 6.90. The molecule has 21 heavy (non-hydrogen) atoms. The van der Waals surface area contributed by atoms with E-state index in [9.17, 15) is 4.39 Å². The van der Waals surface area contributed by atoms with Crippen LogP contribution in [0.5, 0.6) is 0 Å². The van der Waals surface area contributed by atoms with E-state index in [2.05, 4.69) is 10.3 Å². The lowest BCUT2D eigenvalue weighted by atomic mass is 10.1. The summed E-state index contributed by atoms with van der Waals surface area (Å²) in [6.45, 7) is 0.746. The van der Waals surface area contributed by atoms with Crippen molar-refractivity contribution in [1.29, 1.82) is 0 Å². The fraction of sp³-hybridized carbons (Fsp3) is 0.118. The summed E-state index contributed by atoms with van der Waals surface area (Å²) >= 11 is 0. The average molecular weight is 281 g/mol. The van der Waals surface area contributed by atoms with E-state index in [1.54, 1.807) is 18.3 Å². The van der Waals surface area contributed by atoms with Gasteiger partial charge in [-0.2, -0.15) is 0 Å². The molecule has 3 aromatic rings. The number of benzene rings is 2. The normalized spacial score (nSPS) is 10.5. The number of hydrogen-bond donors (Lipinski definition) is 1. The lowest BCUT2D eigenvalue weighted by molar-refractivity contribution is 0.627. The van der Waals surface area contributed by atoms with Crippen LogP contribution in [0, 0.1) is 5.82 Å². The minimum Gasteiger partial charge on any atom is -0.355 e. The summed E-state index contributed by atoms with van der Waals surface area (Å²) in [5.74, 6) is 0.606. The molecule has 0 aliphatic carbocycles. The van der Waals surface area contributed by atoms with Crippen molar-refractivity contribution < 1.29 is 4.39 Å². The van der Waals surface area contributed by atoms with Gasteiger partial charge < -0.3 is 5.32 Å². The second kappa shape index (κ2) is 6.22. The predicted molar refractivity (Wildman–Crippen MR) is 82.2 cm³/mol. The summed E-state index contributed by atoms with van der Waals surface area (Å²) in [5.41, 5.74) is 2.17. The van der Waals surface area contributed by atoms with E-state index < -0.39 is 0 Å². The van der Waals surface area contributed by atoms with Crippen LogP contribution in [0.15, 0.2) is 67.0 Å². The van der Waals surface area contributed by atoms with Gasteiger partial charge in [-0.15, -0.1) is 0 Å². The van der Waals surface area contributed by atoms with Gasteiger partial charge in [0, 0.05) is 24.6 Å². The van der Waals surface area contributed by atoms with E-state index in [1.165, 1.54) is 12.1 Å². The standard InChI is InChI=1S/C17H16FN3/c18-15-8-6-14(7-9-15)10-11-19-17-20-12-13-21(17)16-4-2-1-3-5-16/h1-9,12-13H,10-11H2,(H,19,20). The maximum Gasteiger partial charge on any atom is 0.207 e. The molecule has 1 N–H and O–H groups in total. The van der Waals surface area contributed by atoms with Crippen LogP contribution in [-0.4, -0.2) is 16.1 Å². The van der Waals surface area contributed by atoms with Gasteiger partial charge in [0.25, 0.3) is 0 Å². The molecule has 3 nitrogen and oxygen atoms in total. The van der Waals surface area contributed by atoms with Gasteiger partial charge in [-0.05, 0) is 36.2 Å². The first-order valence-corrected chi connectivity index (χ1v) is 6.90. The largest absolute Gasteiger partial charge is 0.355 e. The third-order valence-corrected chi connectivity index (χ3v) is 3.29. The second-order valence-electron chi connectivity index (χ2n) is 4.76. The van der Waals surface area contributed by atoms with Gasteiger partial charge in [-0.1, -0.05) is 30.3 Å². The first-order chi connectivity index (χ1) is 10.3. The number of hydrogen-bond acceptors (Lipinski definition) is 2. The summed E-state index contributed by atoms with van der Waals surface area (Å²) in [6.07, 6.45) is 4.52. The van der Waals surface area contributed by atoms with Crippen molar-refractivity contribution in [2.24, 2.45) is 0 Å². The van der Waals surface area contributed by atoms with Crippen LogP contribution >= 0.6 is 0 Å². The zero-order chi connectivity index (χ0) is 14.5. The van der Waals surface area contributed by atoms with Gasteiger partial charge in [-0.3, -0.25) is 4.57 Å². The predicted octanol–water partition coefficient (Wildman–Crippen LogP) is 3.67. The van der Waals surface area contributed by atoms with E-state index in [0.29, 0.717) is 0 Å². The number of nitrogens with one attached hydrogen (secondary N) is 1. The highest BCUT2D eigenvalue weighted by Crippen LogP contribution is 2.14. The summed E-state index contributed by atoms with van der Waals surface area (Å²) in [4.78, 5) is 4.33. The maximum atomic E-state index is 12.8. The first kappa shape index (κ1) is 13.4. The molecule has 106 valence electrons. The third kappa shape index (κ3) is 3.28. The van der Waals surface area contributed by atoms with Gasteiger partial charge in [0.05, 0.1) is 0 Å². The Balaban J connectivity index is 1.64. The molecule has 0 spiro atoms. The SMILES string of the molecule is Fc1ccc(CCNc2nccn2-c2ccccc2)cc1. The van der Waals surface area contributed by atoms with Gasteiger partial charge in [0.1, 0.15) is 5.82 Å². The molecule has 0 amide bonds. The molecule has 0 saturated heterocycles. The van der Waals surface area contributed by atoms with Crippen LogP contribution < -0.4 is 5.32 Å². The van der Waals surface area contributed by atoms with Gasteiger partial charge in [0.2, 0.25) is 5.95 Å². The number of imidazole rings is 1. The quantitative estimate of drug-likeness (QED) is 0.773. The zero-order valence-electron chi connectivity index (χ0n) is 11.5. The van der Waals surface area contributed by atoms with Crippen molar-refractivity contribution in [3.05, 3.63) is 78.4 Å². The number of halogens is 1. The molecule has 1 heterocycles. The van der Waals surface area contributed by atoms with Gasteiger partial charge in [-0.25, -0.2) is 9.37 Å². The molecule has 0 aliphatic heterocycles. The molecule has 0 aliphatic rings. The topological polar surface area (TPSA) is 29.9 Å². The zero-order valence-corrected chi connectivity index (χ0v) is 11.5. The maximum absolute atomic E-state index is 12.8. The Morgan fingerprint density at radius 1 is 1.00 bits per heavy atom. The van der Waals surface area contributed by atoms with Crippen LogP contribution in [0.1, 0.15) is 5.56 Å². The highest BCUT2D eigenvalue weighted by atomic mass is 19.1. The lowest BCUT2D eigenvalue weighted by Gasteiger charge is -2.09. The number of nitrogens with zero attached hydrogens (tertiary/aromatic N) is 2. The fourth-order valence-electron chi connectivity index (χ4n) is 2.20. The van der Waals surface area contributed by atoms with E-state index in [0.717, 1.165) is 30.2 Å². The molecule has 0 bridgehead atoms. The van der Waals surface area contributed by atoms with Crippen LogP contribution in [-0.2, 0) is 6.42 Å².